The molecule has 0 fully saturated rings. The minimum atomic E-state index is -1.19. The second kappa shape index (κ2) is 14.7. The second-order valence-electron chi connectivity index (χ2n) is 12.3. The molecule has 12 nitrogen and oxygen atoms in total. The average molecular weight is 611 g/mol. The van der Waals surface area contributed by atoms with E-state index in [1.807, 2.05) is 48.5 Å². The van der Waals surface area contributed by atoms with Gasteiger partial charge in [-0.25, -0.2) is 19.2 Å². The Labute approximate surface area is 257 Å². The third kappa shape index (κ3) is 10.6. The fourth-order valence-corrected chi connectivity index (χ4v) is 4.60. The van der Waals surface area contributed by atoms with Crippen LogP contribution in [0.25, 0.3) is 11.1 Å². The monoisotopic (exact) mass is 610 g/mol. The lowest BCUT2D eigenvalue weighted by molar-refractivity contribution is -0.139. The maximum absolute atomic E-state index is 12.6. The molecule has 0 heterocycles. The third-order valence-electron chi connectivity index (χ3n) is 6.34. The summed E-state index contributed by atoms with van der Waals surface area (Å²) in [4.78, 5) is 53.1. The largest absolute Gasteiger partial charge is 0.480 e. The molecule has 12 heteroatoms. The second-order valence-corrected chi connectivity index (χ2v) is 12.3. The Morgan fingerprint density at radius 3 is 1.77 bits per heavy atom. The Balaban J connectivity index is 1.52. The number of aliphatic imine (C=N–C) groups is 1. The number of amides is 3. The van der Waals surface area contributed by atoms with Gasteiger partial charge in [0.05, 0.1) is 0 Å². The van der Waals surface area contributed by atoms with Crippen LogP contribution in [-0.4, -0.2) is 65.7 Å². The lowest BCUT2D eigenvalue weighted by Crippen LogP contribution is -2.47. The van der Waals surface area contributed by atoms with Gasteiger partial charge in [0, 0.05) is 12.5 Å². The highest BCUT2D eigenvalue weighted by Gasteiger charge is 2.30. The molecule has 1 unspecified atom stereocenters. The number of guanidine groups is 1. The summed E-state index contributed by atoms with van der Waals surface area (Å²) in [6, 6.07) is 14.7. The molecule has 0 bridgehead atoms. The fourth-order valence-electron chi connectivity index (χ4n) is 4.60. The number of unbranched alkanes of at least 4 members (excludes halogenated alkanes) is 1. The Morgan fingerprint density at radius 1 is 0.795 bits per heavy atom. The minimum absolute atomic E-state index is 0.0684. The zero-order valence-corrected chi connectivity index (χ0v) is 26.1. The van der Waals surface area contributed by atoms with E-state index in [0.717, 1.165) is 22.3 Å². The zero-order chi connectivity index (χ0) is 32.5. The molecule has 4 N–H and O–H groups in total. The summed E-state index contributed by atoms with van der Waals surface area (Å²) in [5.41, 5.74) is 2.75. The summed E-state index contributed by atoms with van der Waals surface area (Å²) in [6.45, 7) is 10.4. The third-order valence-corrected chi connectivity index (χ3v) is 6.34. The molecule has 1 aliphatic rings. The van der Waals surface area contributed by atoms with E-state index < -0.39 is 41.5 Å². The van der Waals surface area contributed by atoms with Crippen LogP contribution in [0.5, 0.6) is 0 Å². The first-order chi connectivity index (χ1) is 20.6. The van der Waals surface area contributed by atoms with E-state index >= 15 is 0 Å². The molecule has 1 atom stereocenters. The molecule has 2 aromatic rings. The van der Waals surface area contributed by atoms with Crippen LogP contribution in [0.1, 0.15) is 77.8 Å². The Morgan fingerprint density at radius 2 is 1.30 bits per heavy atom. The number of carbonyl (C=O) groups excluding carboxylic acids is 3. The average Bonchev–Trinajstić information content (AvgIpc) is 3.22. The van der Waals surface area contributed by atoms with E-state index in [9.17, 15) is 24.3 Å². The standard InChI is InChI=1S/C32H42N4O8/c1-31(2,3)43-29(40)35-27(36-30(41)44-32(4,5)6)33-18-12-11-17-25(26(37)38)34-28(39)42-19-24-22-15-9-7-13-20(22)21-14-8-10-16-23(21)24/h7-10,13-16,24-25H,11-12,17-19H2,1-6H3,(H,34,39)(H,37,38)(H2,33,35,36,40,41). The van der Waals surface area contributed by atoms with Crippen molar-refractivity contribution in [1.29, 1.82) is 0 Å². The van der Waals surface area contributed by atoms with Crippen LogP contribution in [0.4, 0.5) is 14.4 Å². The number of hydrogen-bond acceptors (Lipinski definition) is 8. The van der Waals surface area contributed by atoms with Gasteiger partial charge in [0.25, 0.3) is 0 Å². The van der Waals surface area contributed by atoms with E-state index in [1.165, 1.54) is 0 Å². The van der Waals surface area contributed by atoms with Crippen LogP contribution in [0, 0.1) is 0 Å². The molecule has 238 valence electrons. The predicted molar refractivity (Wildman–Crippen MR) is 165 cm³/mol. The summed E-state index contributed by atoms with van der Waals surface area (Å²) in [5, 5.41) is 16.9. The number of carboxylic acids is 1. The molecular formula is C32H42N4O8. The number of ether oxygens (including phenoxy) is 3. The van der Waals surface area contributed by atoms with Gasteiger partial charge in [-0.15, -0.1) is 0 Å². The van der Waals surface area contributed by atoms with Crippen LogP contribution in [0.3, 0.4) is 0 Å². The minimum Gasteiger partial charge on any atom is -0.480 e. The van der Waals surface area contributed by atoms with Crippen molar-refractivity contribution in [3.8, 4) is 11.1 Å². The first kappa shape index (κ1) is 33.9. The summed E-state index contributed by atoms with van der Waals surface area (Å²) in [6.07, 6.45) is -1.57. The number of fused-ring (bicyclic) bond motifs is 3. The maximum Gasteiger partial charge on any atom is 0.414 e. The molecule has 0 spiro atoms. The number of alkyl carbamates (subject to hydrolysis) is 3. The van der Waals surface area contributed by atoms with E-state index in [0.29, 0.717) is 12.8 Å². The number of carboxylic acid groups (broad SMARTS) is 1. The highest BCUT2D eigenvalue weighted by Crippen LogP contribution is 2.44. The van der Waals surface area contributed by atoms with E-state index in [2.05, 4.69) is 20.9 Å². The van der Waals surface area contributed by atoms with Gasteiger partial charge in [0.15, 0.2) is 0 Å². The molecule has 0 aliphatic heterocycles. The van der Waals surface area contributed by atoms with E-state index in [-0.39, 0.29) is 31.4 Å². The number of aliphatic carboxylic acids is 1. The predicted octanol–water partition coefficient (Wildman–Crippen LogP) is 5.55. The van der Waals surface area contributed by atoms with Gasteiger partial charge in [0.1, 0.15) is 23.9 Å². The van der Waals surface area contributed by atoms with Crippen LogP contribution in [0.2, 0.25) is 0 Å². The van der Waals surface area contributed by atoms with Crippen LogP contribution < -0.4 is 16.0 Å². The molecule has 0 aromatic heterocycles. The fraction of sp³-hybridized carbons (Fsp3) is 0.469. The van der Waals surface area contributed by atoms with Crippen LogP contribution in [-0.2, 0) is 19.0 Å². The molecule has 0 saturated carbocycles. The smallest absolute Gasteiger partial charge is 0.414 e. The summed E-state index contributed by atoms with van der Waals surface area (Å²) >= 11 is 0. The zero-order valence-electron chi connectivity index (χ0n) is 26.1. The SMILES string of the molecule is CC(C)(C)OC(=O)NC(=NCCCCC(NC(=O)OCC1c2ccccc2-c2ccccc21)C(=O)O)NC(=O)OC(C)(C)C. The summed E-state index contributed by atoms with van der Waals surface area (Å²) in [7, 11) is 0. The number of benzene rings is 2. The Kier molecular flexibility index (Phi) is 11.3. The van der Waals surface area contributed by atoms with Crippen molar-refractivity contribution in [3.63, 3.8) is 0 Å². The summed E-state index contributed by atoms with van der Waals surface area (Å²) in [5.74, 6) is -1.51. The van der Waals surface area contributed by atoms with Gasteiger partial charge >= 0.3 is 24.2 Å². The molecular weight excluding hydrogens is 568 g/mol. The molecule has 3 amide bonds. The van der Waals surface area contributed by atoms with Gasteiger partial charge < -0.3 is 24.6 Å². The van der Waals surface area contributed by atoms with Crippen molar-refractivity contribution in [3.05, 3.63) is 59.7 Å². The van der Waals surface area contributed by atoms with Crippen molar-refractivity contribution < 1.29 is 38.5 Å². The molecule has 3 rings (SSSR count). The van der Waals surface area contributed by atoms with Crippen molar-refractivity contribution >= 4 is 30.2 Å². The van der Waals surface area contributed by atoms with Crippen molar-refractivity contribution in [2.24, 2.45) is 4.99 Å². The lowest BCUT2D eigenvalue weighted by atomic mass is 9.98. The lowest BCUT2D eigenvalue weighted by Gasteiger charge is -2.22. The highest BCUT2D eigenvalue weighted by atomic mass is 16.6. The van der Waals surface area contributed by atoms with Crippen molar-refractivity contribution in [1.82, 2.24) is 16.0 Å². The highest BCUT2D eigenvalue weighted by molar-refractivity contribution is 6.01. The van der Waals surface area contributed by atoms with Gasteiger partial charge in [-0.3, -0.25) is 15.6 Å². The molecule has 2 aromatic carbocycles. The normalized spacial score (nSPS) is 13.0. The van der Waals surface area contributed by atoms with E-state index in [1.54, 1.807) is 41.5 Å². The van der Waals surface area contributed by atoms with Gasteiger partial charge in [-0.05, 0) is 83.1 Å². The maximum atomic E-state index is 12.6. The number of rotatable bonds is 9. The van der Waals surface area contributed by atoms with Gasteiger partial charge in [-0.1, -0.05) is 48.5 Å². The first-order valence-corrected chi connectivity index (χ1v) is 14.5. The molecule has 0 radical (unpaired) electrons. The van der Waals surface area contributed by atoms with E-state index in [4.69, 9.17) is 14.2 Å². The molecule has 1 aliphatic carbocycles. The van der Waals surface area contributed by atoms with Crippen LogP contribution in [0.15, 0.2) is 53.5 Å². The number of carbonyl (C=O) groups is 4. The van der Waals surface area contributed by atoms with Crippen molar-refractivity contribution in [2.45, 2.75) is 84.0 Å². The van der Waals surface area contributed by atoms with Crippen LogP contribution >= 0.6 is 0 Å². The van der Waals surface area contributed by atoms with Gasteiger partial charge in [0.2, 0.25) is 5.96 Å². The number of nitrogens with zero attached hydrogens (tertiary/aromatic N) is 1. The Bertz CT molecular complexity index is 1300. The van der Waals surface area contributed by atoms with Gasteiger partial charge in [-0.2, -0.15) is 0 Å². The topological polar surface area (TPSA) is 165 Å². The molecule has 0 saturated heterocycles. The first-order valence-electron chi connectivity index (χ1n) is 14.5. The number of hydrogen-bond donors (Lipinski definition) is 4. The Hall–Kier alpha value is -4.61. The number of nitrogens with one attached hydrogen (secondary N) is 3. The molecule has 44 heavy (non-hydrogen) atoms. The summed E-state index contributed by atoms with van der Waals surface area (Å²) < 4.78 is 15.9. The quantitative estimate of drug-likeness (QED) is 0.124. The van der Waals surface area contributed by atoms with Crippen molar-refractivity contribution in [2.75, 3.05) is 13.2 Å².